The Morgan fingerprint density at radius 1 is 0.674 bits per heavy atom. The molecule has 6 aromatic rings. The standard InChI is InChI=1S/C36H30N8O2/c45-35(25-5-1-15-37-21-25)43-17-3-7-31(43)33-39-27-13-11-23(19-29(27)41-33)9-10-24-12-14-28-30(20-24)42-34(40-28)32-8-4-18-44(32)36(46)26-6-2-16-38-22-26/h1-2,5-6,11-16,19-22,31-32H,3-4,7-8,17-18H2,(H,39,41)(H,40,42). The number of hydrogen-bond donors (Lipinski definition) is 2. The van der Waals surface area contributed by atoms with E-state index in [4.69, 9.17) is 9.97 Å². The molecule has 2 aliphatic rings. The van der Waals surface area contributed by atoms with E-state index in [0.717, 1.165) is 70.5 Å². The zero-order valence-electron chi connectivity index (χ0n) is 25.0. The van der Waals surface area contributed by atoms with Crippen LogP contribution < -0.4 is 0 Å². The van der Waals surface area contributed by atoms with Crippen molar-refractivity contribution >= 4 is 33.9 Å². The van der Waals surface area contributed by atoms with Crippen molar-refractivity contribution < 1.29 is 9.59 Å². The Hall–Kier alpha value is -5.82. The Bertz CT molecular complexity index is 1990. The largest absolute Gasteiger partial charge is 0.340 e. The third-order valence-electron chi connectivity index (χ3n) is 8.83. The number of imidazole rings is 2. The van der Waals surface area contributed by atoms with Gasteiger partial charge in [-0.15, -0.1) is 0 Å². The number of carbonyl (C=O) groups is 2. The smallest absolute Gasteiger partial charge is 0.256 e. The number of hydrogen-bond acceptors (Lipinski definition) is 6. The highest BCUT2D eigenvalue weighted by Crippen LogP contribution is 2.34. The average Bonchev–Trinajstić information content (AvgIpc) is 3.92. The topological polar surface area (TPSA) is 124 Å². The highest BCUT2D eigenvalue weighted by atomic mass is 16.2. The third-order valence-corrected chi connectivity index (χ3v) is 8.83. The van der Waals surface area contributed by atoms with Crippen LogP contribution in [0.2, 0.25) is 0 Å². The molecule has 0 radical (unpaired) electrons. The Morgan fingerprint density at radius 2 is 1.15 bits per heavy atom. The van der Waals surface area contributed by atoms with Gasteiger partial charge >= 0.3 is 0 Å². The molecule has 6 heterocycles. The van der Waals surface area contributed by atoms with Gasteiger partial charge < -0.3 is 19.8 Å². The molecule has 2 saturated heterocycles. The van der Waals surface area contributed by atoms with Crippen molar-refractivity contribution in [1.82, 2.24) is 39.7 Å². The number of aromatic amines is 2. The van der Waals surface area contributed by atoms with Crippen molar-refractivity contribution in [3.63, 3.8) is 0 Å². The molecule has 2 aromatic carbocycles. The summed E-state index contributed by atoms with van der Waals surface area (Å²) in [6.45, 7) is 1.38. The van der Waals surface area contributed by atoms with Crippen LogP contribution in [-0.2, 0) is 0 Å². The molecule has 2 amide bonds. The van der Waals surface area contributed by atoms with Gasteiger partial charge in [0.05, 0.1) is 45.3 Å². The molecule has 46 heavy (non-hydrogen) atoms. The number of amides is 2. The van der Waals surface area contributed by atoms with Gasteiger partial charge in [0.15, 0.2) is 0 Å². The number of benzene rings is 2. The zero-order chi connectivity index (χ0) is 31.0. The molecule has 2 unspecified atom stereocenters. The van der Waals surface area contributed by atoms with Crippen LogP contribution in [0.5, 0.6) is 0 Å². The fourth-order valence-corrected chi connectivity index (χ4v) is 6.56. The maximum atomic E-state index is 13.2. The second-order valence-electron chi connectivity index (χ2n) is 11.8. The molecule has 0 saturated carbocycles. The summed E-state index contributed by atoms with van der Waals surface area (Å²) < 4.78 is 0. The van der Waals surface area contributed by atoms with Gasteiger partial charge in [-0.1, -0.05) is 11.8 Å². The van der Waals surface area contributed by atoms with E-state index >= 15 is 0 Å². The number of nitrogens with one attached hydrogen (secondary N) is 2. The van der Waals surface area contributed by atoms with Crippen LogP contribution in [0.25, 0.3) is 22.1 Å². The maximum Gasteiger partial charge on any atom is 0.256 e. The SMILES string of the molecule is O=C(c1cccnc1)N1CCCC1c1nc2cc(C#Cc3ccc4[nH]c(C5CCCN5C(=O)c5cccnc5)nc4c3)ccc2[nH]1. The summed E-state index contributed by atoms with van der Waals surface area (Å²) >= 11 is 0. The Kier molecular flexibility index (Phi) is 6.99. The average molecular weight is 607 g/mol. The minimum atomic E-state index is -0.107. The summed E-state index contributed by atoms with van der Waals surface area (Å²) in [4.78, 5) is 54.9. The number of likely N-dealkylation sites (tertiary alicyclic amines) is 2. The second kappa shape index (κ2) is 11.6. The molecule has 2 aliphatic heterocycles. The number of nitrogens with zero attached hydrogens (tertiary/aromatic N) is 6. The van der Waals surface area contributed by atoms with Gasteiger partial charge in [-0.3, -0.25) is 19.6 Å². The molecule has 226 valence electrons. The molecular formula is C36H30N8O2. The normalized spacial score (nSPS) is 17.8. The van der Waals surface area contributed by atoms with Crippen LogP contribution in [0.1, 0.15) is 81.3 Å². The van der Waals surface area contributed by atoms with Crippen molar-refractivity contribution in [2.24, 2.45) is 0 Å². The Balaban J connectivity index is 1.01. The van der Waals surface area contributed by atoms with Crippen molar-refractivity contribution in [1.29, 1.82) is 0 Å². The highest BCUT2D eigenvalue weighted by Gasteiger charge is 2.34. The molecular weight excluding hydrogens is 576 g/mol. The molecule has 8 rings (SSSR count). The predicted octanol–water partition coefficient (Wildman–Crippen LogP) is 5.58. The van der Waals surface area contributed by atoms with Crippen molar-refractivity contribution in [2.45, 2.75) is 37.8 Å². The first-order valence-corrected chi connectivity index (χ1v) is 15.5. The van der Waals surface area contributed by atoms with Crippen molar-refractivity contribution in [2.75, 3.05) is 13.1 Å². The molecule has 2 atom stereocenters. The van der Waals surface area contributed by atoms with E-state index < -0.39 is 0 Å². The van der Waals surface area contributed by atoms with E-state index in [1.165, 1.54) is 0 Å². The fraction of sp³-hybridized carbons (Fsp3) is 0.222. The fourth-order valence-electron chi connectivity index (χ4n) is 6.56. The van der Waals surface area contributed by atoms with E-state index in [1.54, 1.807) is 49.1 Å². The molecule has 0 bridgehead atoms. The summed E-state index contributed by atoms with van der Waals surface area (Å²) in [7, 11) is 0. The molecule has 0 spiro atoms. The van der Waals surface area contributed by atoms with Crippen LogP contribution >= 0.6 is 0 Å². The second-order valence-corrected chi connectivity index (χ2v) is 11.8. The van der Waals surface area contributed by atoms with E-state index in [2.05, 4.69) is 31.8 Å². The van der Waals surface area contributed by atoms with Gasteiger partial charge in [-0.2, -0.15) is 0 Å². The minimum absolute atomic E-state index is 0.0255. The maximum absolute atomic E-state index is 13.2. The molecule has 2 N–H and O–H groups in total. The van der Waals surface area contributed by atoms with Crippen LogP contribution in [0.3, 0.4) is 0 Å². The molecule has 10 heteroatoms. The number of aromatic nitrogens is 6. The first kappa shape index (κ1) is 27.7. The number of carbonyl (C=O) groups excluding carboxylic acids is 2. The summed E-state index contributed by atoms with van der Waals surface area (Å²) in [5.41, 5.74) is 6.32. The molecule has 4 aromatic heterocycles. The Morgan fingerprint density at radius 3 is 1.59 bits per heavy atom. The number of pyridine rings is 2. The lowest BCUT2D eigenvalue weighted by Gasteiger charge is -2.23. The number of fused-ring (bicyclic) bond motifs is 2. The summed E-state index contributed by atoms with van der Waals surface area (Å²) in [6, 6.07) is 18.8. The van der Waals surface area contributed by atoms with Crippen LogP contribution in [0.4, 0.5) is 0 Å². The zero-order valence-corrected chi connectivity index (χ0v) is 25.0. The monoisotopic (exact) mass is 606 g/mol. The lowest BCUT2D eigenvalue weighted by Crippen LogP contribution is -2.31. The van der Waals surface area contributed by atoms with Gasteiger partial charge in [0.2, 0.25) is 0 Å². The summed E-state index contributed by atoms with van der Waals surface area (Å²) in [5, 5.41) is 0. The minimum Gasteiger partial charge on any atom is -0.340 e. The van der Waals surface area contributed by atoms with Gasteiger partial charge in [-0.25, -0.2) is 9.97 Å². The predicted molar refractivity (Wildman–Crippen MR) is 173 cm³/mol. The number of rotatable bonds is 4. The number of H-pyrrole nitrogens is 2. The first-order chi connectivity index (χ1) is 22.6. The van der Waals surface area contributed by atoms with E-state index in [0.29, 0.717) is 24.2 Å². The van der Waals surface area contributed by atoms with Crippen molar-refractivity contribution in [3.8, 4) is 11.8 Å². The lowest BCUT2D eigenvalue weighted by molar-refractivity contribution is 0.0722. The highest BCUT2D eigenvalue weighted by molar-refractivity contribution is 5.95. The first-order valence-electron chi connectivity index (χ1n) is 15.5. The van der Waals surface area contributed by atoms with Gasteiger partial charge in [0.1, 0.15) is 11.6 Å². The quantitative estimate of drug-likeness (QED) is 0.253. The van der Waals surface area contributed by atoms with E-state index in [9.17, 15) is 9.59 Å². The van der Waals surface area contributed by atoms with Crippen molar-refractivity contribution in [3.05, 3.63) is 119 Å². The van der Waals surface area contributed by atoms with E-state index in [1.807, 2.05) is 46.2 Å². The third kappa shape index (κ3) is 5.16. The van der Waals surface area contributed by atoms with Gasteiger partial charge in [0, 0.05) is 49.0 Å². The van der Waals surface area contributed by atoms with E-state index in [-0.39, 0.29) is 23.9 Å². The van der Waals surface area contributed by atoms with Gasteiger partial charge in [0.25, 0.3) is 11.8 Å². The van der Waals surface area contributed by atoms with Crippen LogP contribution in [0.15, 0.2) is 85.5 Å². The van der Waals surface area contributed by atoms with Crippen LogP contribution in [0, 0.1) is 11.8 Å². The summed E-state index contributed by atoms with van der Waals surface area (Å²) in [5.74, 6) is 8.08. The Labute approximate surface area is 264 Å². The molecule has 2 fully saturated rings. The van der Waals surface area contributed by atoms with Crippen LogP contribution in [-0.4, -0.2) is 64.6 Å². The van der Waals surface area contributed by atoms with Gasteiger partial charge in [-0.05, 0) is 86.3 Å². The summed E-state index contributed by atoms with van der Waals surface area (Å²) in [6.07, 6.45) is 10.1. The molecule has 0 aliphatic carbocycles. The lowest BCUT2D eigenvalue weighted by atomic mass is 10.1. The molecule has 10 nitrogen and oxygen atoms in total.